The van der Waals surface area contributed by atoms with Gasteiger partial charge in [0.25, 0.3) is 0 Å². The Labute approximate surface area is 176 Å². The lowest BCUT2D eigenvalue weighted by atomic mass is 10.1. The van der Waals surface area contributed by atoms with Crippen LogP contribution in [0.2, 0.25) is 0 Å². The lowest BCUT2D eigenvalue weighted by Gasteiger charge is -2.08. The minimum absolute atomic E-state index is 0.158. The Morgan fingerprint density at radius 3 is 2.70 bits per heavy atom. The zero-order valence-corrected chi connectivity index (χ0v) is 17.4. The van der Waals surface area contributed by atoms with Gasteiger partial charge < -0.3 is 4.52 Å². The molecule has 0 radical (unpaired) electrons. The molecule has 0 aliphatic heterocycles. The topological polar surface area (TPSA) is 69.1 Å². The molecule has 0 saturated heterocycles. The van der Waals surface area contributed by atoms with Gasteiger partial charge in [-0.25, -0.2) is 4.39 Å². The number of pyridine rings is 1. The first-order valence-electron chi connectivity index (χ1n) is 9.51. The molecule has 0 aliphatic rings. The molecule has 0 amide bonds. The van der Waals surface area contributed by atoms with Gasteiger partial charge in [0.2, 0.25) is 11.7 Å². The summed E-state index contributed by atoms with van der Waals surface area (Å²) in [5.74, 6) is 0.519. The second-order valence-electron chi connectivity index (χ2n) is 7.20. The van der Waals surface area contributed by atoms with Gasteiger partial charge in [0.15, 0.2) is 10.8 Å². The highest BCUT2D eigenvalue weighted by atomic mass is 32.2. The van der Waals surface area contributed by atoms with E-state index in [-0.39, 0.29) is 11.1 Å². The summed E-state index contributed by atoms with van der Waals surface area (Å²) in [6, 6.07) is 15.1. The number of hydrogen-bond acceptors (Lipinski definition) is 6. The SMILES string of the molecule is Cc1ccc(-c2noc(C(C)Sc3nnc4cc(C)c5ccccc5n34)n2)cc1F. The summed E-state index contributed by atoms with van der Waals surface area (Å²) in [4.78, 5) is 4.47. The van der Waals surface area contributed by atoms with E-state index in [0.29, 0.717) is 22.8 Å². The van der Waals surface area contributed by atoms with Crippen molar-refractivity contribution in [2.75, 3.05) is 0 Å². The van der Waals surface area contributed by atoms with Gasteiger partial charge in [-0.2, -0.15) is 4.98 Å². The third kappa shape index (κ3) is 3.13. The molecular weight excluding hydrogens is 401 g/mol. The molecule has 8 heteroatoms. The van der Waals surface area contributed by atoms with E-state index < -0.39 is 0 Å². The standard InChI is InChI=1S/C22H18FN5OS/c1-12-8-9-15(11-17(12)23)20-24-21(29-27-20)14(3)30-22-26-25-19-10-13(2)16-6-4-5-7-18(16)28(19)22/h4-11,14H,1-3H3. The summed E-state index contributed by atoms with van der Waals surface area (Å²) < 4.78 is 21.4. The number of aryl methyl sites for hydroxylation is 2. The van der Waals surface area contributed by atoms with E-state index in [0.717, 1.165) is 27.3 Å². The van der Waals surface area contributed by atoms with Crippen LogP contribution >= 0.6 is 11.8 Å². The quantitative estimate of drug-likeness (QED) is 0.356. The molecule has 1 unspecified atom stereocenters. The maximum atomic E-state index is 13.9. The molecule has 0 bridgehead atoms. The number of para-hydroxylation sites is 1. The number of rotatable bonds is 4. The molecule has 0 aliphatic carbocycles. The van der Waals surface area contributed by atoms with Crippen molar-refractivity contribution in [3.05, 3.63) is 71.4 Å². The summed E-state index contributed by atoms with van der Waals surface area (Å²) in [6.45, 7) is 5.75. The Bertz CT molecular complexity index is 1390. The highest BCUT2D eigenvalue weighted by Gasteiger charge is 2.20. The molecule has 2 aromatic carbocycles. The number of halogens is 1. The van der Waals surface area contributed by atoms with Gasteiger partial charge in [0.1, 0.15) is 5.82 Å². The van der Waals surface area contributed by atoms with Crippen LogP contribution in [0, 0.1) is 19.7 Å². The molecule has 0 saturated carbocycles. The third-order valence-corrected chi connectivity index (χ3v) is 6.11. The first-order valence-corrected chi connectivity index (χ1v) is 10.4. The number of hydrogen-bond donors (Lipinski definition) is 0. The van der Waals surface area contributed by atoms with Crippen LogP contribution in [0.3, 0.4) is 0 Å². The average molecular weight is 419 g/mol. The van der Waals surface area contributed by atoms with E-state index in [4.69, 9.17) is 4.52 Å². The third-order valence-electron chi connectivity index (χ3n) is 5.08. The van der Waals surface area contributed by atoms with Crippen molar-refractivity contribution in [2.45, 2.75) is 31.2 Å². The summed E-state index contributed by atoms with van der Waals surface area (Å²) >= 11 is 1.49. The normalized spacial score (nSPS) is 12.7. The zero-order chi connectivity index (χ0) is 20.8. The van der Waals surface area contributed by atoms with Crippen LogP contribution in [-0.2, 0) is 0 Å². The van der Waals surface area contributed by atoms with Crippen LogP contribution in [0.4, 0.5) is 4.39 Å². The van der Waals surface area contributed by atoms with Gasteiger partial charge in [-0.3, -0.25) is 4.40 Å². The number of fused-ring (bicyclic) bond motifs is 3. The molecule has 30 heavy (non-hydrogen) atoms. The smallest absolute Gasteiger partial charge is 0.240 e. The number of thioether (sulfide) groups is 1. The van der Waals surface area contributed by atoms with E-state index >= 15 is 0 Å². The molecular formula is C22H18FN5OS. The van der Waals surface area contributed by atoms with Crippen LogP contribution in [-0.4, -0.2) is 24.7 Å². The first kappa shape index (κ1) is 18.7. The fourth-order valence-electron chi connectivity index (χ4n) is 3.41. The Morgan fingerprint density at radius 2 is 1.87 bits per heavy atom. The van der Waals surface area contributed by atoms with E-state index in [1.165, 1.54) is 17.8 Å². The molecule has 5 rings (SSSR count). The second kappa shape index (κ2) is 7.21. The van der Waals surface area contributed by atoms with Crippen molar-refractivity contribution >= 4 is 28.3 Å². The Morgan fingerprint density at radius 1 is 1.03 bits per heavy atom. The van der Waals surface area contributed by atoms with Crippen molar-refractivity contribution < 1.29 is 8.91 Å². The van der Waals surface area contributed by atoms with Gasteiger partial charge in [-0.05, 0) is 50.1 Å². The lowest BCUT2D eigenvalue weighted by Crippen LogP contribution is -1.95. The molecule has 150 valence electrons. The van der Waals surface area contributed by atoms with Crippen LogP contribution in [0.25, 0.3) is 27.9 Å². The predicted molar refractivity (Wildman–Crippen MR) is 114 cm³/mol. The molecule has 0 fully saturated rings. The maximum absolute atomic E-state index is 13.9. The largest absolute Gasteiger partial charge is 0.338 e. The molecule has 0 N–H and O–H groups in total. The summed E-state index contributed by atoms with van der Waals surface area (Å²) in [7, 11) is 0. The maximum Gasteiger partial charge on any atom is 0.240 e. The first-order chi connectivity index (χ1) is 14.5. The molecule has 1 atom stereocenters. The predicted octanol–water partition coefficient (Wildman–Crippen LogP) is 5.54. The number of aromatic nitrogens is 5. The van der Waals surface area contributed by atoms with Gasteiger partial charge in [-0.1, -0.05) is 47.3 Å². The lowest BCUT2D eigenvalue weighted by molar-refractivity contribution is 0.380. The molecule has 5 aromatic rings. The van der Waals surface area contributed by atoms with Gasteiger partial charge in [0, 0.05) is 10.9 Å². The van der Waals surface area contributed by atoms with Crippen LogP contribution in [0.5, 0.6) is 0 Å². The summed E-state index contributed by atoms with van der Waals surface area (Å²) in [6.07, 6.45) is 0. The molecule has 3 aromatic heterocycles. The molecule has 3 heterocycles. The minimum Gasteiger partial charge on any atom is -0.338 e. The van der Waals surface area contributed by atoms with Gasteiger partial charge in [0.05, 0.1) is 10.8 Å². The van der Waals surface area contributed by atoms with E-state index in [2.05, 4.69) is 39.4 Å². The van der Waals surface area contributed by atoms with Crippen molar-refractivity contribution in [2.24, 2.45) is 0 Å². The Kier molecular flexibility index (Phi) is 4.51. The van der Waals surface area contributed by atoms with Crippen LogP contribution in [0.1, 0.15) is 29.2 Å². The van der Waals surface area contributed by atoms with Crippen molar-refractivity contribution in [1.29, 1.82) is 0 Å². The Balaban J connectivity index is 1.48. The van der Waals surface area contributed by atoms with E-state index in [9.17, 15) is 4.39 Å². The van der Waals surface area contributed by atoms with Crippen molar-refractivity contribution in [3.63, 3.8) is 0 Å². The van der Waals surface area contributed by atoms with Crippen LogP contribution < -0.4 is 0 Å². The van der Waals surface area contributed by atoms with Gasteiger partial charge in [-0.15, -0.1) is 10.2 Å². The summed E-state index contributed by atoms with van der Waals surface area (Å²) in [5.41, 5.74) is 4.16. The monoisotopic (exact) mass is 419 g/mol. The fourth-order valence-corrected chi connectivity index (χ4v) is 4.31. The van der Waals surface area contributed by atoms with Crippen molar-refractivity contribution in [1.82, 2.24) is 24.7 Å². The number of benzene rings is 2. The second-order valence-corrected chi connectivity index (χ2v) is 8.51. The molecule has 0 spiro atoms. The average Bonchev–Trinajstić information content (AvgIpc) is 3.38. The molecule has 6 nitrogen and oxygen atoms in total. The highest BCUT2D eigenvalue weighted by molar-refractivity contribution is 7.99. The number of nitrogens with zero attached hydrogens (tertiary/aromatic N) is 5. The van der Waals surface area contributed by atoms with E-state index in [1.807, 2.05) is 29.5 Å². The Hall–Kier alpha value is -3.26. The zero-order valence-electron chi connectivity index (χ0n) is 16.6. The van der Waals surface area contributed by atoms with Gasteiger partial charge >= 0.3 is 0 Å². The van der Waals surface area contributed by atoms with E-state index in [1.54, 1.807) is 19.1 Å². The van der Waals surface area contributed by atoms with Crippen molar-refractivity contribution in [3.8, 4) is 11.4 Å². The highest BCUT2D eigenvalue weighted by Crippen LogP contribution is 2.35. The minimum atomic E-state index is -0.293. The fraction of sp³-hybridized carbons (Fsp3) is 0.182. The summed E-state index contributed by atoms with van der Waals surface area (Å²) in [5, 5.41) is 14.5. The van der Waals surface area contributed by atoms with Crippen LogP contribution in [0.15, 0.2) is 58.2 Å².